The quantitative estimate of drug-likeness (QED) is 0.274. The van der Waals surface area contributed by atoms with Gasteiger partial charge in [-0.3, -0.25) is 9.59 Å². The summed E-state index contributed by atoms with van der Waals surface area (Å²) in [5.74, 6) is -0.397. The number of benzene rings is 3. The van der Waals surface area contributed by atoms with Crippen LogP contribution in [0.3, 0.4) is 0 Å². The smallest absolute Gasteiger partial charge is 0.337 e. The second-order valence-corrected chi connectivity index (χ2v) is 8.51. The first-order valence-electron chi connectivity index (χ1n) is 10.2. The number of Topliss-reactive ketones (excluding diaryl/α,β-unsaturated/α-hetero) is 1. The Morgan fingerprint density at radius 3 is 2.52 bits per heavy atom. The van der Waals surface area contributed by atoms with Crippen LogP contribution in [-0.2, 0) is 9.53 Å². The van der Waals surface area contributed by atoms with Crippen LogP contribution in [0.4, 0.5) is 0 Å². The van der Waals surface area contributed by atoms with Crippen molar-refractivity contribution < 1.29 is 28.6 Å². The summed E-state index contributed by atoms with van der Waals surface area (Å²) in [6, 6.07) is 17.6. The molecule has 2 aliphatic rings. The third-order valence-corrected chi connectivity index (χ3v) is 6.41. The van der Waals surface area contributed by atoms with Gasteiger partial charge < -0.3 is 14.2 Å². The molecule has 0 saturated carbocycles. The predicted molar refractivity (Wildman–Crippen MR) is 123 cm³/mol. The first-order valence-corrected chi connectivity index (χ1v) is 11.0. The van der Waals surface area contributed by atoms with Crippen LogP contribution in [-0.4, -0.2) is 24.8 Å². The molecule has 1 atom stereocenters. The Morgan fingerprint density at radius 1 is 1.03 bits per heavy atom. The highest BCUT2D eigenvalue weighted by atomic mass is 79.9. The molecule has 0 aliphatic carbocycles. The fraction of sp³-hybridized carbons (Fsp3) is 0.115. The van der Waals surface area contributed by atoms with E-state index in [1.807, 2.05) is 24.3 Å². The molecule has 3 aromatic rings. The Hall–Kier alpha value is -3.71. The summed E-state index contributed by atoms with van der Waals surface area (Å²) >= 11 is 3.57. The molecule has 2 heterocycles. The Morgan fingerprint density at radius 2 is 1.79 bits per heavy atom. The number of hydrogen-bond acceptors (Lipinski definition) is 6. The number of rotatable bonds is 3. The van der Waals surface area contributed by atoms with Gasteiger partial charge in [0.05, 0.1) is 24.7 Å². The Labute approximate surface area is 197 Å². The van der Waals surface area contributed by atoms with E-state index < -0.39 is 5.97 Å². The lowest BCUT2D eigenvalue weighted by Crippen LogP contribution is -2.21. The lowest BCUT2D eigenvalue weighted by atomic mass is 9.84. The minimum absolute atomic E-state index is 0.137. The number of fused-ring (bicyclic) bond motifs is 3. The van der Waals surface area contributed by atoms with Crippen molar-refractivity contribution in [3.05, 3.63) is 98.7 Å². The molecule has 33 heavy (non-hydrogen) atoms. The summed E-state index contributed by atoms with van der Waals surface area (Å²) < 4.78 is 17.1. The third kappa shape index (κ3) is 3.74. The van der Waals surface area contributed by atoms with E-state index >= 15 is 0 Å². The van der Waals surface area contributed by atoms with Crippen LogP contribution in [0.1, 0.15) is 49.7 Å². The monoisotopic (exact) mass is 504 g/mol. The van der Waals surface area contributed by atoms with E-state index in [1.54, 1.807) is 42.5 Å². The van der Waals surface area contributed by atoms with Gasteiger partial charge in [0, 0.05) is 16.0 Å². The van der Waals surface area contributed by atoms with E-state index in [-0.39, 0.29) is 29.9 Å². The second kappa shape index (κ2) is 8.33. The topological polar surface area (TPSA) is 78.9 Å². The molecule has 0 bridgehead atoms. The number of carbonyl (C=O) groups is 3. The highest BCUT2D eigenvalue weighted by Crippen LogP contribution is 2.49. The van der Waals surface area contributed by atoms with Gasteiger partial charge in [-0.15, -0.1) is 0 Å². The SMILES string of the molecule is COC(=O)c1ccc(/C=C2\Oc3c(ccc4c3[C@@H](c3ccccc3Br)CC(=O)O4)C2=O)cc1. The summed E-state index contributed by atoms with van der Waals surface area (Å²) in [6.07, 6.45) is 1.76. The maximum atomic E-state index is 13.1. The fourth-order valence-electron chi connectivity index (χ4n) is 4.11. The zero-order valence-electron chi connectivity index (χ0n) is 17.5. The van der Waals surface area contributed by atoms with Crippen LogP contribution >= 0.6 is 15.9 Å². The van der Waals surface area contributed by atoms with Crippen molar-refractivity contribution in [1.82, 2.24) is 0 Å². The van der Waals surface area contributed by atoms with Gasteiger partial charge >= 0.3 is 11.9 Å². The average molecular weight is 505 g/mol. The largest absolute Gasteiger partial charge is 0.465 e. The molecule has 6 nitrogen and oxygen atoms in total. The number of methoxy groups -OCH3 is 1. The van der Waals surface area contributed by atoms with Crippen molar-refractivity contribution in [2.24, 2.45) is 0 Å². The number of allylic oxidation sites excluding steroid dienone is 1. The van der Waals surface area contributed by atoms with E-state index in [2.05, 4.69) is 15.9 Å². The average Bonchev–Trinajstić information content (AvgIpc) is 3.14. The number of ether oxygens (including phenoxy) is 3. The van der Waals surface area contributed by atoms with E-state index in [4.69, 9.17) is 14.2 Å². The van der Waals surface area contributed by atoms with Crippen molar-refractivity contribution in [1.29, 1.82) is 0 Å². The molecule has 0 spiro atoms. The molecule has 0 saturated heterocycles. The Balaban J connectivity index is 1.55. The summed E-state index contributed by atoms with van der Waals surface area (Å²) in [5.41, 5.74) is 3.11. The zero-order chi connectivity index (χ0) is 23.1. The van der Waals surface area contributed by atoms with Gasteiger partial charge in [0.2, 0.25) is 5.78 Å². The third-order valence-electron chi connectivity index (χ3n) is 5.69. The molecule has 5 rings (SSSR count). The molecule has 0 aromatic heterocycles. The summed E-state index contributed by atoms with van der Waals surface area (Å²) in [5, 5.41) is 0. The molecule has 2 aliphatic heterocycles. The maximum Gasteiger partial charge on any atom is 0.337 e. The van der Waals surface area contributed by atoms with Crippen LogP contribution in [0.2, 0.25) is 0 Å². The zero-order valence-corrected chi connectivity index (χ0v) is 19.0. The number of halogens is 1. The van der Waals surface area contributed by atoms with Crippen molar-refractivity contribution in [3.8, 4) is 11.5 Å². The van der Waals surface area contributed by atoms with Crippen molar-refractivity contribution >= 4 is 39.7 Å². The molecule has 0 radical (unpaired) electrons. The first kappa shape index (κ1) is 21.2. The molecule has 0 unspecified atom stereocenters. The van der Waals surface area contributed by atoms with Crippen LogP contribution in [0.25, 0.3) is 6.08 Å². The van der Waals surface area contributed by atoms with Crippen molar-refractivity contribution in [3.63, 3.8) is 0 Å². The molecule has 0 N–H and O–H groups in total. The first-order chi connectivity index (χ1) is 16.0. The van der Waals surface area contributed by atoms with Crippen LogP contribution < -0.4 is 9.47 Å². The van der Waals surface area contributed by atoms with E-state index in [1.165, 1.54) is 7.11 Å². The molecule has 0 amide bonds. The van der Waals surface area contributed by atoms with Gasteiger partial charge in [-0.05, 0) is 47.5 Å². The van der Waals surface area contributed by atoms with Crippen LogP contribution in [0.15, 0.2) is 70.9 Å². The van der Waals surface area contributed by atoms with Crippen LogP contribution in [0, 0.1) is 0 Å². The Kier molecular flexibility index (Phi) is 5.34. The molecule has 3 aromatic carbocycles. The highest BCUT2D eigenvalue weighted by molar-refractivity contribution is 9.10. The number of esters is 2. The summed E-state index contributed by atoms with van der Waals surface area (Å²) in [6.45, 7) is 0. The van der Waals surface area contributed by atoms with Gasteiger partial charge in [-0.25, -0.2) is 4.79 Å². The molecule has 164 valence electrons. The van der Waals surface area contributed by atoms with Gasteiger partial charge in [0.1, 0.15) is 11.5 Å². The second-order valence-electron chi connectivity index (χ2n) is 7.66. The van der Waals surface area contributed by atoms with Gasteiger partial charge in [0.15, 0.2) is 5.76 Å². The minimum Gasteiger partial charge on any atom is -0.465 e. The van der Waals surface area contributed by atoms with Crippen LogP contribution in [0.5, 0.6) is 11.5 Å². The van der Waals surface area contributed by atoms with E-state index in [0.29, 0.717) is 33.8 Å². The molecule has 7 heteroatoms. The number of hydrogen-bond donors (Lipinski definition) is 0. The fourth-order valence-corrected chi connectivity index (χ4v) is 4.68. The number of ketones is 1. The summed E-state index contributed by atoms with van der Waals surface area (Å²) in [7, 11) is 1.32. The van der Waals surface area contributed by atoms with Gasteiger partial charge in [-0.2, -0.15) is 0 Å². The summed E-state index contributed by atoms with van der Waals surface area (Å²) in [4.78, 5) is 37.0. The minimum atomic E-state index is -0.436. The number of carbonyl (C=O) groups excluding carboxylic acids is 3. The lowest BCUT2D eigenvalue weighted by Gasteiger charge is -2.27. The molecule has 0 fully saturated rings. The lowest BCUT2D eigenvalue weighted by molar-refractivity contribution is -0.135. The molecular weight excluding hydrogens is 488 g/mol. The maximum absolute atomic E-state index is 13.1. The predicted octanol–water partition coefficient (Wildman–Crippen LogP) is 5.29. The van der Waals surface area contributed by atoms with E-state index in [9.17, 15) is 14.4 Å². The standard InChI is InChI=1S/C26H17BrO6/c1-31-26(30)15-8-6-14(7-9-15)12-21-24(29)17-10-11-20-23(25(17)33-21)18(13-22(28)32-20)16-4-2-3-5-19(16)27/h2-12,18H,13H2,1H3/b21-12-/t18-/m1/s1. The molecular formula is C26H17BrO6. The normalized spacial score (nSPS) is 17.8. The van der Waals surface area contributed by atoms with Gasteiger partial charge in [-0.1, -0.05) is 46.3 Å². The van der Waals surface area contributed by atoms with Gasteiger partial charge in [0.25, 0.3) is 0 Å². The van der Waals surface area contributed by atoms with Crippen molar-refractivity contribution in [2.75, 3.05) is 7.11 Å². The van der Waals surface area contributed by atoms with Crippen molar-refractivity contribution in [2.45, 2.75) is 12.3 Å². The Bertz CT molecular complexity index is 1340. The van der Waals surface area contributed by atoms with E-state index in [0.717, 1.165) is 10.0 Å². The highest BCUT2D eigenvalue weighted by Gasteiger charge is 2.39.